The van der Waals surface area contributed by atoms with Gasteiger partial charge in [0, 0.05) is 24.4 Å². The lowest BCUT2D eigenvalue weighted by molar-refractivity contribution is 0.702. The van der Waals surface area contributed by atoms with Crippen molar-refractivity contribution >= 4 is 0 Å². The fraction of sp³-hybridized carbons (Fsp3) is 0.267. The summed E-state index contributed by atoms with van der Waals surface area (Å²) in [5.41, 5.74) is 9.96. The highest BCUT2D eigenvalue weighted by molar-refractivity contribution is 5.69. The topological polar surface area (TPSA) is 38.9 Å². The fourth-order valence-corrected chi connectivity index (χ4v) is 2.42. The van der Waals surface area contributed by atoms with Gasteiger partial charge < -0.3 is 5.73 Å². The van der Waals surface area contributed by atoms with Crippen LogP contribution in [0.15, 0.2) is 48.8 Å². The lowest BCUT2D eigenvalue weighted by Crippen LogP contribution is -2.20. The molecule has 17 heavy (non-hydrogen) atoms. The Labute approximate surface area is 102 Å². The van der Waals surface area contributed by atoms with Crippen LogP contribution < -0.4 is 5.73 Å². The van der Waals surface area contributed by atoms with E-state index in [0.717, 1.165) is 6.54 Å². The number of nitrogens with two attached hydrogens (primary N) is 1. The molecule has 1 heterocycles. The van der Waals surface area contributed by atoms with Gasteiger partial charge >= 0.3 is 0 Å². The van der Waals surface area contributed by atoms with Gasteiger partial charge in [-0.3, -0.25) is 4.98 Å². The number of hydrogen-bond acceptors (Lipinski definition) is 2. The quantitative estimate of drug-likeness (QED) is 0.870. The van der Waals surface area contributed by atoms with E-state index in [1.807, 2.05) is 18.5 Å². The summed E-state index contributed by atoms with van der Waals surface area (Å²) in [5.74, 6) is 0. The highest BCUT2D eigenvalue weighted by atomic mass is 14.7. The van der Waals surface area contributed by atoms with Crippen molar-refractivity contribution in [3.63, 3.8) is 0 Å². The molecule has 2 N–H and O–H groups in total. The van der Waals surface area contributed by atoms with Crippen LogP contribution in [-0.2, 0) is 5.41 Å². The summed E-state index contributed by atoms with van der Waals surface area (Å²) < 4.78 is 0. The maximum absolute atomic E-state index is 5.92. The average Bonchev–Trinajstić information content (AvgIpc) is 3.21. The highest BCUT2D eigenvalue weighted by Gasteiger charge is 2.44. The zero-order valence-electron chi connectivity index (χ0n) is 9.76. The summed E-state index contributed by atoms with van der Waals surface area (Å²) in [7, 11) is 0. The van der Waals surface area contributed by atoms with Crippen molar-refractivity contribution in [2.45, 2.75) is 18.3 Å². The molecule has 1 aromatic heterocycles. The number of aromatic nitrogens is 1. The predicted molar refractivity (Wildman–Crippen MR) is 69.6 cm³/mol. The van der Waals surface area contributed by atoms with E-state index in [9.17, 15) is 0 Å². The van der Waals surface area contributed by atoms with Gasteiger partial charge in [-0.2, -0.15) is 0 Å². The van der Waals surface area contributed by atoms with Crippen LogP contribution in [0.3, 0.4) is 0 Å². The molecule has 1 saturated carbocycles. The van der Waals surface area contributed by atoms with Crippen LogP contribution in [0.4, 0.5) is 0 Å². The third-order valence-electron chi connectivity index (χ3n) is 3.72. The number of nitrogens with zero attached hydrogens (tertiary/aromatic N) is 1. The van der Waals surface area contributed by atoms with Crippen molar-refractivity contribution in [2.24, 2.45) is 5.73 Å². The first-order valence-electron chi connectivity index (χ1n) is 6.06. The Morgan fingerprint density at radius 2 is 1.88 bits per heavy atom. The van der Waals surface area contributed by atoms with E-state index in [0.29, 0.717) is 0 Å². The third-order valence-corrected chi connectivity index (χ3v) is 3.72. The summed E-state index contributed by atoms with van der Waals surface area (Å²) in [5, 5.41) is 0. The largest absolute Gasteiger partial charge is 0.330 e. The molecule has 1 fully saturated rings. The molecule has 0 radical (unpaired) electrons. The van der Waals surface area contributed by atoms with Crippen LogP contribution in [0.1, 0.15) is 18.4 Å². The van der Waals surface area contributed by atoms with Crippen LogP contribution >= 0.6 is 0 Å². The van der Waals surface area contributed by atoms with Crippen molar-refractivity contribution < 1.29 is 0 Å². The van der Waals surface area contributed by atoms with E-state index in [1.54, 1.807) is 0 Å². The molecule has 2 heteroatoms. The molecule has 2 nitrogen and oxygen atoms in total. The Kier molecular flexibility index (Phi) is 2.45. The molecule has 3 rings (SSSR count). The lowest BCUT2D eigenvalue weighted by Gasteiger charge is -2.17. The van der Waals surface area contributed by atoms with E-state index in [4.69, 9.17) is 5.73 Å². The Bertz CT molecular complexity index is 515. The second kappa shape index (κ2) is 3.97. The minimum absolute atomic E-state index is 0.194. The Balaban J connectivity index is 2.12. The molecule has 1 aliphatic rings. The first-order valence-corrected chi connectivity index (χ1v) is 6.06. The first-order chi connectivity index (χ1) is 8.36. The molecule has 1 aliphatic carbocycles. The van der Waals surface area contributed by atoms with Crippen LogP contribution in [0, 0.1) is 0 Å². The van der Waals surface area contributed by atoms with Gasteiger partial charge in [0.25, 0.3) is 0 Å². The molecular formula is C15H16N2. The fourth-order valence-electron chi connectivity index (χ4n) is 2.42. The smallest absolute Gasteiger partial charge is 0.0312 e. The van der Waals surface area contributed by atoms with E-state index in [2.05, 4.69) is 35.3 Å². The van der Waals surface area contributed by atoms with E-state index < -0.39 is 0 Å². The molecule has 0 amide bonds. The zero-order valence-corrected chi connectivity index (χ0v) is 9.76. The van der Waals surface area contributed by atoms with Gasteiger partial charge in [-0.25, -0.2) is 0 Å². The molecule has 1 aromatic carbocycles. The van der Waals surface area contributed by atoms with Gasteiger partial charge in [-0.1, -0.05) is 30.3 Å². The lowest BCUT2D eigenvalue weighted by atomic mass is 9.90. The molecule has 86 valence electrons. The number of benzene rings is 1. The standard InChI is InChI=1S/C15H16N2/c16-11-15(7-8-15)14-10-17-9-6-13(14)12-4-2-1-3-5-12/h1-6,9-10H,7-8,11,16H2. The van der Waals surface area contributed by atoms with Crippen LogP contribution in [0.2, 0.25) is 0 Å². The molecule has 0 atom stereocenters. The average molecular weight is 224 g/mol. The van der Waals surface area contributed by atoms with Crippen LogP contribution in [-0.4, -0.2) is 11.5 Å². The normalized spacial score (nSPS) is 16.8. The third kappa shape index (κ3) is 1.75. The van der Waals surface area contributed by atoms with Gasteiger partial charge in [-0.15, -0.1) is 0 Å². The molecule has 0 spiro atoms. The summed E-state index contributed by atoms with van der Waals surface area (Å²) in [6.07, 6.45) is 6.23. The molecular weight excluding hydrogens is 208 g/mol. The monoisotopic (exact) mass is 224 g/mol. The van der Waals surface area contributed by atoms with Crippen LogP contribution in [0.25, 0.3) is 11.1 Å². The van der Waals surface area contributed by atoms with Crippen molar-refractivity contribution in [1.29, 1.82) is 0 Å². The Morgan fingerprint density at radius 3 is 2.53 bits per heavy atom. The number of hydrogen-bond donors (Lipinski definition) is 1. The molecule has 0 unspecified atom stereocenters. The van der Waals surface area contributed by atoms with Crippen molar-refractivity contribution in [1.82, 2.24) is 4.98 Å². The summed E-state index contributed by atoms with van der Waals surface area (Å²) in [6.45, 7) is 0.721. The maximum Gasteiger partial charge on any atom is 0.0312 e. The highest BCUT2D eigenvalue weighted by Crippen LogP contribution is 2.49. The summed E-state index contributed by atoms with van der Waals surface area (Å²) in [6, 6.07) is 12.6. The van der Waals surface area contributed by atoms with E-state index in [1.165, 1.54) is 29.5 Å². The minimum atomic E-state index is 0.194. The Morgan fingerprint density at radius 1 is 1.12 bits per heavy atom. The van der Waals surface area contributed by atoms with E-state index in [-0.39, 0.29) is 5.41 Å². The Hall–Kier alpha value is -1.67. The van der Waals surface area contributed by atoms with Crippen LogP contribution in [0.5, 0.6) is 0 Å². The second-order valence-electron chi connectivity index (χ2n) is 4.77. The van der Waals surface area contributed by atoms with Crippen molar-refractivity contribution in [2.75, 3.05) is 6.54 Å². The second-order valence-corrected chi connectivity index (χ2v) is 4.77. The van der Waals surface area contributed by atoms with Crippen molar-refractivity contribution in [3.8, 4) is 11.1 Å². The SMILES string of the molecule is NCC1(c2cnccc2-c2ccccc2)CC1. The van der Waals surface area contributed by atoms with E-state index >= 15 is 0 Å². The summed E-state index contributed by atoms with van der Waals surface area (Å²) in [4.78, 5) is 4.27. The molecule has 2 aromatic rings. The van der Waals surface area contributed by atoms with Gasteiger partial charge in [0.05, 0.1) is 0 Å². The number of pyridine rings is 1. The maximum atomic E-state index is 5.92. The zero-order chi connectivity index (χ0) is 11.7. The molecule has 0 saturated heterocycles. The van der Waals surface area contributed by atoms with Gasteiger partial charge in [-0.05, 0) is 35.6 Å². The van der Waals surface area contributed by atoms with Gasteiger partial charge in [0.2, 0.25) is 0 Å². The predicted octanol–water partition coefficient (Wildman–Crippen LogP) is 2.74. The van der Waals surface area contributed by atoms with Gasteiger partial charge in [0.15, 0.2) is 0 Å². The van der Waals surface area contributed by atoms with Gasteiger partial charge in [0.1, 0.15) is 0 Å². The summed E-state index contributed by atoms with van der Waals surface area (Å²) >= 11 is 0. The van der Waals surface area contributed by atoms with Crippen molar-refractivity contribution in [3.05, 3.63) is 54.4 Å². The molecule has 0 aliphatic heterocycles. The molecule has 0 bridgehead atoms. The first kappa shape index (κ1) is 10.5. The minimum Gasteiger partial charge on any atom is -0.330 e. The number of rotatable bonds is 3.